The van der Waals surface area contributed by atoms with Crippen LogP contribution in [0.4, 0.5) is 0 Å². The number of aliphatic hydroxyl groups is 1. The van der Waals surface area contributed by atoms with Gasteiger partial charge in [0, 0.05) is 18.8 Å². The van der Waals surface area contributed by atoms with Gasteiger partial charge in [-0.2, -0.15) is 0 Å². The van der Waals surface area contributed by atoms with Gasteiger partial charge in [-0.15, -0.1) is 0 Å². The van der Waals surface area contributed by atoms with Crippen LogP contribution in [0.25, 0.3) is 0 Å². The molecular formula is C22H32O4. The fourth-order valence-electron chi connectivity index (χ4n) is 4.41. The Kier molecular flexibility index (Phi) is 6.28. The third kappa shape index (κ3) is 4.17. The lowest BCUT2D eigenvalue weighted by Gasteiger charge is -2.34. The largest absolute Gasteiger partial charge is 0.458 e. The van der Waals surface area contributed by atoms with Gasteiger partial charge in [0.1, 0.15) is 11.9 Å². The van der Waals surface area contributed by atoms with Crippen molar-refractivity contribution in [2.24, 2.45) is 17.3 Å². The van der Waals surface area contributed by atoms with E-state index in [1.807, 2.05) is 20.8 Å². The number of fused-ring (bicyclic) bond motifs is 1. The molecule has 0 aromatic rings. The van der Waals surface area contributed by atoms with Gasteiger partial charge in [-0.1, -0.05) is 37.3 Å². The highest BCUT2D eigenvalue weighted by Crippen LogP contribution is 2.52. The second kappa shape index (κ2) is 7.91. The molecule has 0 aliphatic heterocycles. The summed E-state index contributed by atoms with van der Waals surface area (Å²) in [4.78, 5) is 24.3. The SMILES string of the molecule is C=C1[C@H](O)C[C@H]2[C@@H](C(=C)C)CC(=O)[C@]2(C)C/C=C(\C)CC[C@@H]1OC(C)=O. The first-order valence-corrected chi connectivity index (χ1v) is 9.44. The standard InChI is InChI=1S/C22H32O4/c1-13(2)17-11-21(25)22(6)10-9-14(3)7-8-20(26-16(5)23)15(4)19(24)12-18(17)22/h9,17-20,24H,1,4,7-8,10-12H2,2-3,5-6H3/b14-9+/t17-,18+,19-,20+,22-/m1/s1. The predicted molar refractivity (Wildman–Crippen MR) is 102 cm³/mol. The van der Waals surface area contributed by atoms with E-state index in [1.54, 1.807) is 0 Å². The molecule has 0 heterocycles. The molecule has 2 aliphatic rings. The predicted octanol–water partition coefficient (Wildman–Crippen LogP) is 4.14. The molecule has 1 fully saturated rings. The second-order valence-corrected chi connectivity index (χ2v) is 8.32. The molecule has 1 N–H and O–H groups in total. The van der Waals surface area contributed by atoms with Gasteiger partial charge in [0.25, 0.3) is 0 Å². The van der Waals surface area contributed by atoms with Gasteiger partial charge >= 0.3 is 5.97 Å². The Morgan fingerprint density at radius 2 is 2.04 bits per heavy atom. The van der Waals surface area contributed by atoms with Crippen LogP contribution in [0.5, 0.6) is 0 Å². The zero-order valence-corrected chi connectivity index (χ0v) is 16.5. The van der Waals surface area contributed by atoms with Crippen LogP contribution >= 0.6 is 0 Å². The Bertz CT molecular complexity index is 645. The average Bonchev–Trinajstić information content (AvgIpc) is 2.80. The number of Topliss-reactive ketones (excluding diaryl/α,β-unsaturated/α-hetero) is 1. The molecule has 144 valence electrons. The van der Waals surface area contributed by atoms with Crippen molar-refractivity contribution >= 4 is 11.8 Å². The normalized spacial score (nSPS) is 38.0. The Morgan fingerprint density at radius 1 is 1.38 bits per heavy atom. The first kappa shape index (κ1) is 20.6. The fourth-order valence-corrected chi connectivity index (χ4v) is 4.41. The minimum atomic E-state index is -0.810. The van der Waals surface area contributed by atoms with E-state index >= 15 is 0 Å². The molecule has 0 amide bonds. The minimum Gasteiger partial charge on any atom is -0.458 e. The summed E-state index contributed by atoms with van der Waals surface area (Å²) in [6.45, 7) is 15.5. The lowest BCUT2D eigenvalue weighted by Crippen LogP contribution is -2.35. The van der Waals surface area contributed by atoms with Crippen molar-refractivity contribution in [2.75, 3.05) is 0 Å². The highest BCUT2D eigenvalue weighted by atomic mass is 16.5. The number of esters is 1. The number of aliphatic hydroxyl groups excluding tert-OH is 1. The first-order valence-electron chi connectivity index (χ1n) is 9.44. The molecule has 1 saturated carbocycles. The summed E-state index contributed by atoms with van der Waals surface area (Å²) in [5.74, 6) is -0.0651. The minimum absolute atomic E-state index is 0.000576. The lowest BCUT2D eigenvalue weighted by atomic mass is 9.70. The maximum Gasteiger partial charge on any atom is 0.303 e. The third-order valence-corrected chi connectivity index (χ3v) is 6.28. The quantitative estimate of drug-likeness (QED) is 0.594. The molecule has 2 rings (SSSR count). The van der Waals surface area contributed by atoms with Crippen molar-refractivity contribution < 1.29 is 19.4 Å². The zero-order valence-electron chi connectivity index (χ0n) is 16.5. The third-order valence-electron chi connectivity index (χ3n) is 6.28. The smallest absolute Gasteiger partial charge is 0.303 e. The number of hydrogen-bond acceptors (Lipinski definition) is 4. The fraction of sp³-hybridized carbons (Fsp3) is 0.636. The van der Waals surface area contributed by atoms with E-state index < -0.39 is 17.6 Å². The van der Waals surface area contributed by atoms with Crippen molar-refractivity contribution in [2.45, 2.75) is 72.0 Å². The van der Waals surface area contributed by atoms with Gasteiger partial charge in [-0.05, 0) is 56.9 Å². The molecule has 0 aromatic heterocycles. The number of rotatable bonds is 2. The van der Waals surface area contributed by atoms with E-state index in [1.165, 1.54) is 6.92 Å². The van der Waals surface area contributed by atoms with Crippen molar-refractivity contribution in [3.63, 3.8) is 0 Å². The van der Waals surface area contributed by atoms with E-state index in [-0.39, 0.29) is 23.6 Å². The van der Waals surface area contributed by atoms with Gasteiger partial charge in [-0.3, -0.25) is 9.59 Å². The molecule has 0 aromatic carbocycles. The van der Waals surface area contributed by atoms with Gasteiger partial charge in [0.05, 0.1) is 6.10 Å². The molecular weight excluding hydrogens is 328 g/mol. The summed E-state index contributed by atoms with van der Waals surface area (Å²) in [6, 6.07) is 0. The topological polar surface area (TPSA) is 63.6 Å². The maximum atomic E-state index is 12.9. The summed E-state index contributed by atoms with van der Waals surface area (Å²) < 4.78 is 5.42. The molecule has 0 unspecified atom stereocenters. The van der Waals surface area contributed by atoms with Crippen molar-refractivity contribution in [1.82, 2.24) is 0 Å². The second-order valence-electron chi connectivity index (χ2n) is 8.32. The van der Waals surface area contributed by atoms with Crippen LogP contribution in [0.2, 0.25) is 0 Å². The van der Waals surface area contributed by atoms with E-state index in [2.05, 4.69) is 19.2 Å². The molecule has 0 saturated heterocycles. The van der Waals surface area contributed by atoms with Crippen LogP contribution in [0.15, 0.2) is 36.0 Å². The maximum absolute atomic E-state index is 12.9. The highest BCUT2D eigenvalue weighted by molar-refractivity contribution is 5.88. The molecule has 4 heteroatoms. The van der Waals surface area contributed by atoms with E-state index in [0.717, 1.165) is 17.6 Å². The van der Waals surface area contributed by atoms with E-state index in [4.69, 9.17) is 4.74 Å². The van der Waals surface area contributed by atoms with Crippen LogP contribution in [0, 0.1) is 17.3 Å². The van der Waals surface area contributed by atoms with E-state index in [9.17, 15) is 14.7 Å². The number of carbonyl (C=O) groups excluding carboxylic acids is 2. The van der Waals surface area contributed by atoms with Gasteiger partial charge in [0.15, 0.2) is 0 Å². The van der Waals surface area contributed by atoms with E-state index in [0.29, 0.717) is 31.3 Å². The lowest BCUT2D eigenvalue weighted by molar-refractivity contribution is -0.145. The Balaban J connectivity index is 2.40. The van der Waals surface area contributed by atoms with Crippen LogP contribution in [-0.4, -0.2) is 29.1 Å². The van der Waals surface area contributed by atoms with Crippen LogP contribution in [-0.2, 0) is 14.3 Å². The number of hydrogen-bond donors (Lipinski definition) is 1. The van der Waals surface area contributed by atoms with Crippen molar-refractivity contribution in [3.8, 4) is 0 Å². The average molecular weight is 360 g/mol. The first-order chi connectivity index (χ1) is 12.1. The Morgan fingerprint density at radius 3 is 2.62 bits per heavy atom. The monoisotopic (exact) mass is 360 g/mol. The van der Waals surface area contributed by atoms with Crippen molar-refractivity contribution in [3.05, 3.63) is 36.0 Å². The van der Waals surface area contributed by atoms with Gasteiger partial charge in [-0.25, -0.2) is 0 Å². The van der Waals surface area contributed by atoms with Crippen molar-refractivity contribution in [1.29, 1.82) is 0 Å². The summed E-state index contributed by atoms with van der Waals surface area (Å²) in [5, 5.41) is 10.8. The van der Waals surface area contributed by atoms with Crippen LogP contribution in [0.3, 0.4) is 0 Å². The molecule has 0 spiro atoms. The molecule has 0 radical (unpaired) electrons. The molecule has 4 nitrogen and oxygen atoms in total. The molecule has 2 aliphatic carbocycles. The number of ether oxygens (including phenoxy) is 1. The molecule has 26 heavy (non-hydrogen) atoms. The Labute approximate surface area is 157 Å². The van der Waals surface area contributed by atoms with Crippen LogP contribution < -0.4 is 0 Å². The summed E-state index contributed by atoms with van der Waals surface area (Å²) in [7, 11) is 0. The number of ketones is 1. The summed E-state index contributed by atoms with van der Waals surface area (Å²) in [5.41, 5.74) is 2.17. The van der Waals surface area contributed by atoms with Gasteiger partial charge < -0.3 is 9.84 Å². The Hall–Kier alpha value is -1.68. The van der Waals surface area contributed by atoms with Crippen LogP contribution in [0.1, 0.15) is 59.8 Å². The summed E-state index contributed by atoms with van der Waals surface area (Å²) in [6.07, 6.45) is 3.74. The highest BCUT2D eigenvalue weighted by Gasteiger charge is 2.51. The summed E-state index contributed by atoms with van der Waals surface area (Å²) >= 11 is 0. The van der Waals surface area contributed by atoms with Gasteiger partial charge in [0.2, 0.25) is 0 Å². The number of allylic oxidation sites excluding steroid dienone is 3. The molecule has 5 atom stereocenters. The molecule has 0 bridgehead atoms. The zero-order chi connectivity index (χ0) is 19.6. The number of carbonyl (C=O) groups is 2.